The molecule has 1 heterocycles. The van der Waals surface area contributed by atoms with E-state index < -0.39 is 11.1 Å². The third-order valence-electron chi connectivity index (χ3n) is 3.91. The standard InChI is InChI=1S/C20H18N2O5S/c1-12-5-3-4-6-14(12)21-18(23)11-27-15-8-7-13(9-16(15)26-2)10-17-19(24)22-20(25)28-17/h3-10H,11H2,1-2H3,(H,21,23)(H,22,24,25)/b17-10-. The fraction of sp³-hybridized carbons (Fsp3) is 0.150. The molecule has 0 unspecified atom stereocenters. The Balaban J connectivity index is 1.67. The number of hydrogen-bond acceptors (Lipinski definition) is 6. The number of methoxy groups -OCH3 is 1. The lowest BCUT2D eigenvalue weighted by Crippen LogP contribution is -2.20. The van der Waals surface area contributed by atoms with Crippen LogP contribution >= 0.6 is 11.8 Å². The summed E-state index contributed by atoms with van der Waals surface area (Å²) in [4.78, 5) is 35.3. The minimum Gasteiger partial charge on any atom is -0.493 e. The molecule has 0 spiro atoms. The number of rotatable bonds is 6. The van der Waals surface area contributed by atoms with Crippen LogP contribution in [0.3, 0.4) is 0 Å². The van der Waals surface area contributed by atoms with Crippen molar-refractivity contribution in [1.29, 1.82) is 0 Å². The molecule has 0 aliphatic carbocycles. The number of benzene rings is 2. The number of amides is 3. The van der Waals surface area contributed by atoms with Crippen LogP contribution in [0, 0.1) is 6.92 Å². The summed E-state index contributed by atoms with van der Waals surface area (Å²) >= 11 is 0.839. The number of carbonyl (C=O) groups excluding carboxylic acids is 3. The van der Waals surface area contributed by atoms with E-state index in [2.05, 4.69) is 10.6 Å². The van der Waals surface area contributed by atoms with E-state index in [4.69, 9.17) is 9.47 Å². The van der Waals surface area contributed by atoms with Crippen LogP contribution in [0.1, 0.15) is 11.1 Å². The largest absolute Gasteiger partial charge is 0.493 e. The highest BCUT2D eigenvalue weighted by molar-refractivity contribution is 8.18. The maximum Gasteiger partial charge on any atom is 0.290 e. The van der Waals surface area contributed by atoms with E-state index in [0.29, 0.717) is 22.0 Å². The number of para-hydroxylation sites is 1. The topological polar surface area (TPSA) is 93.7 Å². The van der Waals surface area contributed by atoms with Gasteiger partial charge in [0.1, 0.15) is 0 Å². The maximum atomic E-state index is 12.1. The molecule has 28 heavy (non-hydrogen) atoms. The number of hydrogen-bond donors (Lipinski definition) is 2. The summed E-state index contributed by atoms with van der Waals surface area (Å²) in [6.07, 6.45) is 1.59. The van der Waals surface area contributed by atoms with Crippen molar-refractivity contribution in [2.45, 2.75) is 6.92 Å². The molecule has 7 nitrogen and oxygen atoms in total. The summed E-state index contributed by atoms with van der Waals surface area (Å²) in [5.74, 6) is 0.0826. The quantitative estimate of drug-likeness (QED) is 0.725. The van der Waals surface area contributed by atoms with E-state index in [0.717, 1.165) is 23.0 Å². The second kappa shape index (κ2) is 8.62. The number of carbonyl (C=O) groups is 3. The van der Waals surface area contributed by atoms with Crippen molar-refractivity contribution in [1.82, 2.24) is 5.32 Å². The first-order chi connectivity index (χ1) is 13.5. The molecule has 1 aliphatic rings. The lowest BCUT2D eigenvalue weighted by Gasteiger charge is -2.12. The van der Waals surface area contributed by atoms with Crippen molar-refractivity contribution in [3.05, 3.63) is 58.5 Å². The Bertz CT molecular complexity index is 971. The van der Waals surface area contributed by atoms with Crippen LogP contribution in [0.4, 0.5) is 10.5 Å². The van der Waals surface area contributed by atoms with Crippen LogP contribution in [-0.4, -0.2) is 30.8 Å². The van der Waals surface area contributed by atoms with E-state index >= 15 is 0 Å². The minimum atomic E-state index is -0.429. The molecule has 2 N–H and O–H groups in total. The van der Waals surface area contributed by atoms with Gasteiger partial charge in [0.25, 0.3) is 17.1 Å². The number of ether oxygens (including phenoxy) is 2. The van der Waals surface area contributed by atoms with Gasteiger partial charge in [0, 0.05) is 5.69 Å². The molecular formula is C20H18N2O5S. The Kier molecular flexibility index (Phi) is 6.00. The van der Waals surface area contributed by atoms with Crippen LogP contribution < -0.4 is 20.1 Å². The molecule has 1 fully saturated rings. The van der Waals surface area contributed by atoms with Crippen molar-refractivity contribution >= 4 is 40.6 Å². The summed E-state index contributed by atoms with van der Waals surface area (Å²) < 4.78 is 10.9. The summed E-state index contributed by atoms with van der Waals surface area (Å²) in [7, 11) is 1.48. The average Bonchev–Trinajstić information content (AvgIpc) is 2.99. The highest BCUT2D eigenvalue weighted by Gasteiger charge is 2.25. The minimum absolute atomic E-state index is 0.183. The number of thioether (sulfide) groups is 1. The maximum absolute atomic E-state index is 12.1. The fourth-order valence-corrected chi connectivity index (χ4v) is 3.19. The molecule has 144 valence electrons. The average molecular weight is 398 g/mol. The number of nitrogens with one attached hydrogen (secondary N) is 2. The van der Waals surface area contributed by atoms with Gasteiger partial charge in [-0.15, -0.1) is 0 Å². The predicted molar refractivity (Wildman–Crippen MR) is 107 cm³/mol. The Morgan fingerprint density at radius 1 is 1.18 bits per heavy atom. The first-order valence-electron chi connectivity index (χ1n) is 8.37. The van der Waals surface area contributed by atoms with Crippen molar-refractivity contribution in [3.8, 4) is 11.5 Å². The monoisotopic (exact) mass is 398 g/mol. The van der Waals surface area contributed by atoms with E-state index in [1.165, 1.54) is 7.11 Å². The second-order valence-corrected chi connectivity index (χ2v) is 6.93. The van der Waals surface area contributed by atoms with Gasteiger partial charge in [-0.05, 0) is 54.1 Å². The molecule has 0 bridgehead atoms. The highest BCUT2D eigenvalue weighted by Crippen LogP contribution is 2.31. The molecule has 2 aromatic carbocycles. The first kappa shape index (κ1) is 19.5. The van der Waals surface area contributed by atoms with E-state index in [1.54, 1.807) is 24.3 Å². The summed E-state index contributed by atoms with van der Waals surface area (Å²) in [6, 6.07) is 12.5. The van der Waals surface area contributed by atoms with Gasteiger partial charge in [-0.2, -0.15) is 0 Å². The summed E-state index contributed by atoms with van der Waals surface area (Å²) in [5, 5.41) is 4.59. The predicted octanol–water partition coefficient (Wildman–Crippen LogP) is 3.35. The molecule has 2 aromatic rings. The van der Waals surface area contributed by atoms with Gasteiger partial charge in [-0.25, -0.2) is 0 Å². The van der Waals surface area contributed by atoms with Crippen LogP contribution in [0.25, 0.3) is 6.08 Å². The van der Waals surface area contributed by atoms with Gasteiger partial charge in [0.2, 0.25) is 0 Å². The molecule has 0 atom stereocenters. The Morgan fingerprint density at radius 3 is 2.64 bits per heavy atom. The third kappa shape index (κ3) is 4.72. The van der Waals surface area contributed by atoms with Crippen LogP contribution in [0.15, 0.2) is 47.4 Å². The Morgan fingerprint density at radius 2 is 1.96 bits per heavy atom. The van der Waals surface area contributed by atoms with Gasteiger partial charge in [-0.3, -0.25) is 19.7 Å². The van der Waals surface area contributed by atoms with E-state index in [1.807, 2.05) is 31.2 Å². The molecule has 3 amide bonds. The fourth-order valence-electron chi connectivity index (χ4n) is 2.51. The van der Waals surface area contributed by atoms with Crippen molar-refractivity contribution in [2.24, 2.45) is 0 Å². The molecule has 3 rings (SSSR count). The van der Waals surface area contributed by atoms with Crippen LogP contribution in [0.2, 0.25) is 0 Å². The van der Waals surface area contributed by atoms with Crippen molar-refractivity contribution in [3.63, 3.8) is 0 Å². The van der Waals surface area contributed by atoms with E-state index in [-0.39, 0.29) is 12.5 Å². The zero-order valence-electron chi connectivity index (χ0n) is 15.3. The Hall–Kier alpha value is -3.26. The molecular weight excluding hydrogens is 380 g/mol. The van der Waals surface area contributed by atoms with E-state index in [9.17, 15) is 14.4 Å². The number of aryl methyl sites for hydroxylation is 1. The second-order valence-electron chi connectivity index (χ2n) is 5.91. The van der Waals surface area contributed by atoms with Crippen LogP contribution in [0.5, 0.6) is 11.5 Å². The SMILES string of the molecule is COc1cc(/C=C2\SC(=O)NC2=O)ccc1OCC(=O)Nc1ccccc1C. The summed E-state index contributed by atoms with van der Waals surface area (Å²) in [6.45, 7) is 1.72. The van der Waals surface area contributed by atoms with Gasteiger partial charge in [0.15, 0.2) is 18.1 Å². The van der Waals surface area contributed by atoms with Gasteiger partial charge in [0.05, 0.1) is 12.0 Å². The zero-order valence-corrected chi connectivity index (χ0v) is 16.1. The third-order valence-corrected chi connectivity index (χ3v) is 4.72. The molecule has 0 radical (unpaired) electrons. The number of imide groups is 1. The normalized spacial score (nSPS) is 14.7. The van der Waals surface area contributed by atoms with Gasteiger partial charge >= 0.3 is 0 Å². The van der Waals surface area contributed by atoms with Crippen LogP contribution in [-0.2, 0) is 9.59 Å². The number of anilines is 1. The van der Waals surface area contributed by atoms with Crippen molar-refractivity contribution < 1.29 is 23.9 Å². The zero-order chi connectivity index (χ0) is 20.1. The lowest BCUT2D eigenvalue weighted by molar-refractivity contribution is -0.118. The lowest BCUT2D eigenvalue weighted by atomic mass is 10.2. The molecule has 1 aliphatic heterocycles. The summed E-state index contributed by atoms with van der Waals surface area (Å²) in [5.41, 5.74) is 2.35. The highest BCUT2D eigenvalue weighted by atomic mass is 32.2. The first-order valence-corrected chi connectivity index (χ1v) is 9.19. The van der Waals surface area contributed by atoms with Crippen molar-refractivity contribution in [2.75, 3.05) is 19.0 Å². The Labute approximate surface area is 166 Å². The van der Waals surface area contributed by atoms with Gasteiger partial charge < -0.3 is 14.8 Å². The van der Waals surface area contributed by atoms with Gasteiger partial charge in [-0.1, -0.05) is 24.3 Å². The molecule has 0 aromatic heterocycles. The molecule has 8 heteroatoms. The molecule has 0 saturated carbocycles. The molecule has 1 saturated heterocycles. The smallest absolute Gasteiger partial charge is 0.290 e.